The molecular weight excluding hydrogens is 294 g/mol. The van der Waals surface area contributed by atoms with Gasteiger partial charge in [0.1, 0.15) is 0 Å². The molecule has 2 N–H and O–H groups in total. The van der Waals surface area contributed by atoms with Gasteiger partial charge in [-0.3, -0.25) is 4.68 Å². The Morgan fingerprint density at radius 2 is 1.71 bits per heavy atom. The van der Waals surface area contributed by atoms with Crippen molar-refractivity contribution >= 4 is 11.6 Å². The van der Waals surface area contributed by atoms with Crippen LogP contribution in [0.1, 0.15) is 17.3 Å². The Kier molecular flexibility index (Phi) is 4.59. The number of aryl methyl sites for hydroxylation is 1. The number of rotatable bonds is 5. The molecule has 1 heterocycles. The Morgan fingerprint density at radius 1 is 1.14 bits per heavy atom. The first-order valence-electron chi connectivity index (χ1n) is 6.26. The molecule has 0 saturated heterocycles. The van der Waals surface area contributed by atoms with Crippen molar-refractivity contribution in [1.82, 2.24) is 9.78 Å². The normalized spacial score (nSPS) is 12.1. The highest BCUT2D eigenvalue weighted by atomic mass is 35.5. The molecule has 1 atom stereocenters. The van der Waals surface area contributed by atoms with Gasteiger partial charge in [0.15, 0.2) is 11.5 Å². The summed E-state index contributed by atoms with van der Waals surface area (Å²) in [6.45, 7) is 0. The first-order valence-corrected chi connectivity index (χ1v) is 6.64. The number of hydrogen-bond donors (Lipinski definition) is 1. The van der Waals surface area contributed by atoms with Crippen LogP contribution < -0.4 is 19.9 Å². The molecule has 0 fully saturated rings. The van der Waals surface area contributed by atoms with E-state index in [-0.39, 0.29) is 0 Å². The van der Waals surface area contributed by atoms with Gasteiger partial charge in [-0.05, 0) is 17.7 Å². The summed E-state index contributed by atoms with van der Waals surface area (Å²) in [5.74, 6) is 1.60. The van der Waals surface area contributed by atoms with Gasteiger partial charge in [-0.1, -0.05) is 11.6 Å². The van der Waals surface area contributed by atoms with Crippen LogP contribution in [-0.2, 0) is 7.05 Å². The summed E-state index contributed by atoms with van der Waals surface area (Å²) in [6.07, 6.45) is 1.56. The number of aromatic nitrogens is 2. The maximum Gasteiger partial charge on any atom is 0.203 e. The predicted molar refractivity (Wildman–Crippen MR) is 80.3 cm³/mol. The van der Waals surface area contributed by atoms with Gasteiger partial charge < -0.3 is 19.9 Å². The molecule has 2 rings (SSSR count). The first kappa shape index (κ1) is 15.5. The third-order valence-corrected chi connectivity index (χ3v) is 3.57. The minimum atomic E-state index is -0.460. The van der Waals surface area contributed by atoms with Gasteiger partial charge in [0.05, 0.1) is 44.3 Å². The lowest BCUT2D eigenvalue weighted by Crippen LogP contribution is -2.16. The molecule has 0 saturated carbocycles. The van der Waals surface area contributed by atoms with Crippen molar-refractivity contribution in [3.8, 4) is 17.2 Å². The SMILES string of the molecule is COc1cc(C(N)c2c(Cl)cnn2C)cc(OC)c1OC. The maximum absolute atomic E-state index is 6.30. The van der Waals surface area contributed by atoms with Gasteiger partial charge >= 0.3 is 0 Å². The number of hydrogen-bond acceptors (Lipinski definition) is 5. The van der Waals surface area contributed by atoms with E-state index in [4.69, 9.17) is 31.5 Å². The molecule has 6 nitrogen and oxygen atoms in total. The van der Waals surface area contributed by atoms with E-state index in [2.05, 4.69) is 5.10 Å². The molecule has 0 amide bonds. The van der Waals surface area contributed by atoms with Crippen LogP contribution >= 0.6 is 11.6 Å². The maximum atomic E-state index is 6.30. The van der Waals surface area contributed by atoms with E-state index in [9.17, 15) is 0 Å². The van der Waals surface area contributed by atoms with Gasteiger partial charge in [0, 0.05) is 7.05 Å². The summed E-state index contributed by atoms with van der Waals surface area (Å²) in [7, 11) is 6.46. The zero-order valence-corrected chi connectivity index (χ0v) is 13.1. The number of halogens is 1. The van der Waals surface area contributed by atoms with Gasteiger partial charge in [0.2, 0.25) is 5.75 Å². The summed E-state index contributed by atoms with van der Waals surface area (Å²) >= 11 is 6.15. The lowest BCUT2D eigenvalue weighted by atomic mass is 10.0. The highest BCUT2D eigenvalue weighted by Gasteiger charge is 2.21. The van der Waals surface area contributed by atoms with Gasteiger partial charge in [-0.15, -0.1) is 0 Å². The molecule has 0 aliphatic carbocycles. The summed E-state index contributed by atoms with van der Waals surface area (Å²) < 4.78 is 17.6. The van der Waals surface area contributed by atoms with E-state index in [0.717, 1.165) is 5.56 Å². The Labute approximate surface area is 128 Å². The van der Waals surface area contributed by atoms with E-state index in [1.165, 1.54) is 0 Å². The molecule has 114 valence electrons. The minimum absolute atomic E-state index is 0.460. The largest absolute Gasteiger partial charge is 0.493 e. The smallest absolute Gasteiger partial charge is 0.203 e. The standard InChI is InChI=1S/C14H18ClN3O3/c1-18-13(9(15)7-17-18)12(16)8-5-10(19-2)14(21-4)11(6-8)20-3/h5-7,12H,16H2,1-4H3. The Bertz CT molecular complexity index is 598. The van der Waals surface area contributed by atoms with Crippen molar-refractivity contribution in [2.75, 3.05) is 21.3 Å². The van der Waals surface area contributed by atoms with Crippen molar-refractivity contribution in [2.45, 2.75) is 6.04 Å². The van der Waals surface area contributed by atoms with Crippen LogP contribution in [0.5, 0.6) is 17.2 Å². The summed E-state index contributed by atoms with van der Waals surface area (Å²) in [5, 5.41) is 4.61. The van der Waals surface area contributed by atoms with E-state index in [1.54, 1.807) is 51.4 Å². The second-order valence-corrected chi connectivity index (χ2v) is 4.84. The molecule has 0 spiro atoms. The van der Waals surface area contributed by atoms with Crippen LogP contribution in [0.4, 0.5) is 0 Å². The highest BCUT2D eigenvalue weighted by molar-refractivity contribution is 6.31. The fourth-order valence-corrected chi connectivity index (χ4v) is 2.49. The fourth-order valence-electron chi connectivity index (χ4n) is 2.21. The molecule has 0 aliphatic heterocycles. The second kappa shape index (κ2) is 6.24. The number of ether oxygens (including phenoxy) is 3. The molecule has 0 aliphatic rings. The highest BCUT2D eigenvalue weighted by Crippen LogP contribution is 2.40. The Balaban J connectivity index is 2.54. The third-order valence-electron chi connectivity index (χ3n) is 3.28. The minimum Gasteiger partial charge on any atom is -0.493 e. The molecule has 1 aromatic heterocycles. The molecule has 1 unspecified atom stereocenters. The summed E-state index contributed by atoms with van der Waals surface area (Å²) in [4.78, 5) is 0. The lowest BCUT2D eigenvalue weighted by Gasteiger charge is -2.18. The zero-order chi connectivity index (χ0) is 15.6. The average Bonchev–Trinajstić information content (AvgIpc) is 2.83. The first-order chi connectivity index (χ1) is 10.0. The van der Waals surface area contributed by atoms with Gasteiger partial charge in [-0.2, -0.15) is 5.10 Å². The predicted octanol–water partition coefficient (Wildman–Crippen LogP) is 2.15. The van der Waals surface area contributed by atoms with Gasteiger partial charge in [-0.25, -0.2) is 0 Å². The number of nitrogens with zero attached hydrogens (tertiary/aromatic N) is 2. The van der Waals surface area contributed by atoms with Crippen molar-refractivity contribution in [3.63, 3.8) is 0 Å². The van der Waals surface area contributed by atoms with Crippen molar-refractivity contribution in [1.29, 1.82) is 0 Å². The molecular formula is C14H18ClN3O3. The quantitative estimate of drug-likeness (QED) is 0.916. The number of methoxy groups -OCH3 is 3. The molecule has 0 bridgehead atoms. The van der Waals surface area contributed by atoms with E-state index < -0.39 is 6.04 Å². The van der Waals surface area contributed by atoms with Crippen LogP contribution in [0.2, 0.25) is 5.02 Å². The lowest BCUT2D eigenvalue weighted by molar-refractivity contribution is 0.323. The molecule has 0 radical (unpaired) electrons. The Hall–Kier alpha value is -1.92. The third kappa shape index (κ3) is 2.77. The molecule has 1 aromatic carbocycles. The van der Waals surface area contributed by atoms with Crippen LogP contribution in [0.3, 0.4) is 0 Å². The van der Waals surface area contributed by atoms with Gasteiger partial charge in [0.25, 0.3) is 0 Å². The average molecular weight is 312 g/mol. The number of benzene rings is 1. The monoisotopic (exact) mass is 311 g/mol. The van der Waals surface area contributed by atoms with E-state index >= 15 is 0 Å². The molecule has 21 heavy (non-hydrogen) atoms. The molecule has 7 heteroatoms. The van der Waals surface area contributed by atoms with Crippen molar-refractivity contribution in [3.05, 3.63) is 34.6 Å². The van der Waals surface area contributed by atoms with E-state index in [1.807, 2.05) is 0 Å². The summed E-state index contributed by atoms with van der Waals surface area (Å²) in [6, 6.07) is 3.14. The van der Waals surface area contributed by atoms with Crippen molar-refractivity contribution < 1.29 is 14.2 Å². The molecule has 2 aromatic rings. The number of nitrogens with two attached hydrogens (primary N) is 1. The summed E-state index contributed by atoms with van der Waals surface area (Å²) in [5.41, 5.74) is 7.80. The van der Waals surface area contributed by atoms with Crippen molar-refractivity contribution in [2.24, 2.45) is 12.8 Å². The topological polar surface area (TPSA) is 71.5 Å². The Morgan fingerprint density at radius 3 is 2.10 bits per heavy atom. The second-order valence-electron chi connectivity index (χ2n) is 4.44. The van der Waals surface area contributed by atoms with E-state index in [0.29, 0.717) is 28.0 Å². The van der Waals surface area contributed by atoms with Crippen LogP contribution in [0.25, 0.3) is 0 Å². The van der Waals surface area contributed by atoms with Crippen LogP contribution in [-0.4, -0.2) is 31.1 Å². The van der Waals surface area contributed by atoms with Crippen LogP contribution in [0, 0.1) is 0 Å². The van der Waals surface area contributed by atoms with Crippen LogP contribution in [0.15, 0.2) is 18.3 Å². The fraction of sp³-hybridized carbons (Fsp3) is 0.357. The zero-order valence-electron chi connectivity index (χ0n) is 12.4.